The highest BCUT2D eigenvalue weighted by molar-refractivity contribution is 7.93. The van der Waals surface area contributed by atoms with Crippen LogP contribution in [0.25, 0.3) is 0 Å². The maximum atomic E-state index is 12.5. The molecule has 20 heavy (non-hydrogen) atoms. The fourth-order valence-electron chi connectivity index (χ4n) is 1.75. The molecule has 0 atom stereocenters. The third kappa shape index (κ3) is 2.42. The fraction of sp³-hybridized carbons (Fsp3) is 0.250. The van der Waals surface area contributed by atoms with Gasteiger partial charge in [0.05, 0.1) is 5.69 Å². The Bertz CT molecular complexity index is 724. The molecule has 0 fully saturated rings. The first-order valence-electron chi connectivity index (χ1n) is 5.97. The number of anilines is 2. The molecule has 0 aliphatic heterocycles. The van der Waals surface area contributed by atoms with Crippen molar-refractivity contribution in [2.45, 2.75) is 18.4 Å². The quantitative estimate of drug-likeness (QED) is 0.877. The summed E-state index contributed by atoms with van der Waals surface area (Å²) in [6, 6.07) is 5.97. The minimum atomic E-state index is -3.81. The number of benzene rings is 1. The number of sulfonamides is 1. The Hall–Kier alpha value is -2.22. The topological polar surface area (TPSA) is 101 Å². The molecule has 1 aromatic carbocycles. The fourth-order valence-corrected chi connectivity index (χ4v) is 3.00. The lowest BCUT2D eigenvalue weighted by atomic mass is 10.3. The molecule has 2 aromatic rings. The highest BCUT2D eigenvalue weighted by Crippen LogP contribution is 2.27. The Kier molecular flexibility index (Phi) is 3.58. The minimum absolute atomic E-state index is 0.0122. The van der Waals surface area contributed by atoms with Gasteiger partial charge in [0.25, 0.3) is 10.0 Å². The molecular formula is C12H16N4O3S. The molecule has 0 aliphatic rings. The molecule has 0 aliphatic carbocycles. The van der Waals surface area contributed by atoms with Crippen LogP contribution in [-0.2, 0) is 16.6 Å². The van der Waals surface area contributed by atoms with E-state index in [-0.39, 0.29) is 16.5 Å². The van der Waals surface area contributed by atoms with Crippen LogP contribution in [0.1, 0.15) is 6.92 Å². The van der Waals surface area contributed by atoms with E-state index >= 15 is 0 Å². The van der Waals surface area contributed by atoms with Gasteiger partial charge in [-0.2, -0.15) is 5.10 Å². The summed E-state index contributed by atoms with van der Waals surface area (Å²) in [6.07, 6.45) is 1.39. The van der Waals surface area contributed by atoms with E-state index in [0.29, 0.717) is 12.2 Å². The summed E-state index contributed by atoms with van der Waals surface area (Å²) in [5.41, 5.74) is 6.00. The average molecular weight is 296 g/mol. The largest absolute Gasteiger partial charge is 0.508 e. The van der Waals surface area contributed by atoms with Gasteiger partial charge in [-0.25, -0.2) is 8.42 Å². The number of nitrogens with two attached hydrogens (primary N) is 1. The normalized spacial score (nSPS) is 11.5. The van der Waals surface area contributed by atoms with Gasteiger partial charge < -0.3 is 10.8 Å². The van der Waals surface area contributed by atoms with E-state index in [4.69, 9.17) is 5.73 Å². The zero-order chi connectivity index (χ0) is 14.9. The molecule has 1 heterocycles. The Balaban J connectivity index is 2.46. The minimum Gasteiger partial charge on any atom is -0.508 e. The van der Waals surface area contributed by atoms with E-state index < -0.39 is 10.0 Å². The summed E-state index contributed by atoms with van der Waals surface area (Å²) in [4.78, 5) is -0.0507. The van der Waals surface area contributed by atoms with Crippen molar-refractivity contribution in [2.75, 3.05) is 17.1 Å². The van der Waals surface area contributed by atoms with Crippen molar-refractivity contribution < 1.29 is 13.5 Å². The Morgan fingerprint density at radius 1 is 1.45 bits per heavy atom. The van der Waals surface area contributed by atoms with Crippen LogP contribution in [0.4, 0.5) is 11.5 Å². The number of hydrogen-bond donors (Lipinski definition) is 2. The van der Waals surface area contributed by atoms with E-state index in [9.17, 15) is 13.5 Å². The standard InChI is InChI=1S/C12H16N4O3S/c1-3-16-8-11(12(13)14-16)20(18,19)15(2)9-5-4-6-10(17)7-9/h4-8,17H,3H2,1-2H3,(H2,13,14). The van der Waals surface area contributed by atoms with Crippen molar-refractivity contribution in [1.29, 1.82) is 0 Å². The van der Waals surface area contributed by atoms with Gasteiger partial charge in [-0.3, -0.25) is 8.99 Å². The van der Waals surface area contributed by atoms with Crippen molar-refractivity contribution in [1.82, 2.24) is 9.78 Å². The summed E-state index contributed by atoms with van der Waals surface area (Å²) in [5.74, 6) is -0.0550. The second-order valence-corrected chi connectivity index (χ2v) is 6.16. The van der Waals surface area contributed by atoms with Crippen LogP contribution in [0.5, 0.6) is 5.75 Å². The maximum Gasteiger partial charge on any atom is 0.269 e. The highest BCUT2D eigenvalue weighted by Gasteiger charge is 2.26. The van der Waals surface area contributed by atoms with Crippen molar-refractivity contribution in [3.05, 3.63) is 30.5 Å². The number of phenols is 1. The van der Waals surface area contributed by atoms with Gasteiger partial charge in [0.1, 0.15) is 10.6 Å². The number of aromatic nitrogens is 2. The number of nitrogens with zero attached hydrogens (tertiary/aromatic N) is 3. The van der Waals surface area contributed by atoms with Gasteiger partial charge in [-0.15, -0.1) is 0 Å². The molecule has 8 heteroatoms. The molecule has 2 rings (SSSR count). The van der Waals surface area contributed by atoms with E-state index in [1.807, 2.05) is 6.92 Å². The molecule has 0 saturated carbocycles. The SMILES string of the molecule is CCn1cc(S(=O)(=O)N(C)c2cccc(O)c2)c(N)n1. The van der Waals surface area contributed by atoms with Crippen LogP contribution in [-0.4, -0.2) is 30.4 Å². The molecule has 1 aromatic heterocycles. The van der Waals surface area contributed by atoms with Crippen LogP contribution in [0.15, 0.2) is 35.4 Å². The molecule has 0 saturated heterocycles. The predicted molar refractivity (Wildman–Crippen MR) is 76.0 cm³/mol. The van der Waals surface area contributed by atoms with Crippen LogP contribution in [0.2, 0.25) is 0 Å². The Morgan fingerprint density at radius 2 is 2.15 bits per heavy atom. The zero-order valence-corrected chi connectivity index (χ0v) is 12.0. The predicted octanol–water partition coefficient (Wildman–Crippen LogP) is 1.02. The number of nitrogen functional groups attached to an aromatic ring is 1. The number of aryl methyl sites for hydroxylation is 1. The summed E-state index contributed by atoms with van der Waals surface area (Å²) < 4.78 is 27.5. The van der Waals surface area contributed by atoms with Crippen molar-refractivity contribution in [3.63, 3.8) is 0 Å². The van der Waals surface area contributed by atoms with E-state index in [0.717, 1.165) is 4.31 Å². The van der Waals surface area contributed by atoms with Gasteiger partial charge in [-0.1, -0.05) is 6.07 Å². The first-order valence-corrected chi connectivity index (χ1v) is 7.41. The maximum absolute atomic E-state index is 12.5. The van der Waals surface area contributed by atoms with E-state index in [1.54, 1.807) is 12.1 Å². The second kappa shape index (κ2) is 5.04. The summed E-state index contributed by atoms with van der Waals surface area (Å²) in [6.45, 7) is 2.36. The van der Waals surface area contributed by atoms with Crippen LogP contribution in [0.3, 0.4) is 0 Å². The van der Waals surface area contributed by atoms with Gasteiger partial charge in [0, 0.05) is 25.9 Å². The highest BCUT2D eigenvalue weighted by atomic mass is 32.2. The molecular weight excluding hydrogens is 280 g/mol. The molecule has 0 bridgehead atoms. The van der Waals surface area contributed by atoms with Gasteiger partial charge >= 0.3 is 0 Å². The lowest BCUT2D eigenvalue weighted by Crippen LogP contribution is -2.26. The van der Waals surface area contributed by atoms with Crippen molar-refractivity contribution in [2.24, 2.45) is 0 Å². The summed E-state index contributed by atoms with van der Waals surface area (Å²) in [5, 5.41) is 13.4. The molecule has 3 N–H and O–H groups in total. The summed E-state index contributed by atoms with van der Waals surface area (Å²) >= 11 is 0. The van der Waals surface area contributed by atoms with Crippen LogP contribution < -0.4 is 10.0 Å². The Labute approximate surface area is 117 Å². The molecule has 0 radical (unpaired) electrons. The van der Waals surface area contributed by atoms with Crippen molar-refractivity contribution in [3.8, 4) is 5.75 Å². The number of rotatable bonds is 4. The summed E-state index contributed by atoms with van der Waals surface area (Å²) in [7, 11) is -2.42. The molecule has 7 nitrogen and oxygen atoms in total. The third-order valence-corrected chi connectivity index (χ3v) is 4.71. The van der Waals surface area contributed by atoms with E-state index in [1.165, 1.54) is 30.1 Å². The van der Waals surface area contributed by atoms with Gasteiger partial charge in [0.15, 0.2) is 5.82 Å². The molecule has 0 unspecified atom stereocenters. The second-order valence-electron chi connectivity index (χ2n) is 4.23. The first kappa shape index (κ1) is 14.2. The van der Waals surface area contributed by atoms with Gasteiger partial charge in [0.2, 0.25) is 0 Å². The average Bonchev–Trinajstić information content (AvgIpc) is 2.80. The lowest BCUT2D eigenvalue weighted by molar-refractivity contribution is 0.475. The first-order chi connectivity index (χ1) is 9.36. The number of phenolic OH excluding ortho intramolecular Hbond substituents is 1. The Morgan fingerprint density at radius 3 is 2.70 bits per heavy atom. The van der Waals surface area contributed by atoms with E-state index in [2.05, 4.69) is 5.10 Å². The molecule has 0 amide bonds. The molecule has 108 valence electrons. The van der Waals surface area contributed by atoms with Gasteiger partial charge in [-0.05, 0) is 19.1 Å². The monoisotopic (exact) mass is 296 g/mol. The van der Waals surface area contributed by atoms with Crippen molar-refractivity contribution >= 4 is 21.5 Å². The number of hydrogen-bond acceptors (Lipinski definition) is 5. The number of aromatic hydroxyl groups is 1. The lowest BCUT2D eigenvalue weighted by Gasteiger charge is -2.18. The van der Waals surface area contributed by atoms with Crippen LogP contribution >= 0.6 is 0 Å². The molecule has 0 spiro atoms. The van der Waals surface area contributed by atoms with Crippen LogP contribution in [0, 0.1) is 0 Å². The third-order valence-electron chi connectivity index (χ3n) is 2.91. The smallest absolute Gasteiger partial charge is 0.269 e. The zero-order valence-electron chi connectivity index (χ0n) is 11.2.